The zero-order valence-corrected chi connectivity index (χ0v) is 33.3. The predicted molar refractivity (Wildman–Crippen MR) is 215 cm³/mol. The Labute approximate surface area is 347 Å². The van der Waals surface area contributed by atoms with Crippen LogP contribution in [0.4, 0.5) is 26.0 Å². The zero-order chi connectivity index (χ0) is 41.8. The van der Waals surface area contributed by atoms with Crippen LogP contribution in [0, 0.1) is 5.92 Å². The summed E-state index contributed by atoms with van der Waals surface area (Å²) in [6, 6.07) is 7.32. The van der Waals surface area contributed by atoms with Crippen molar-refractivity contribution in [2.75, 3.05) is 68.0 Å². The number of fused-ring (bicyclic) bond motifs is 4. The van der Waals surface area contributed by atoms with E-state index in [-0.39, 0.29) is 54.2 Å². The van der Waals surface area contributed by atoms with Gasteiger partial charge in [0.1, 0.15) is 17.1 Å². The van der Waals surface area contributed by atoms with Gasteiger partial charge in [0.25, 0.3) is 12.3 Å². The molecule has 320 valence electrons. The van der Waals surface area contributed by atoms with E-state index in [2.05, 4.69) is 46.0 Å². The maximum atomic E-state index is 14.3. The molecule has 2 bridgehead atoms. The van der Waals surface area contributed by atoms with Crippen LogP contribution in [0.25, 0.3) is 16.6 Å². The molecule has 1 aromatic carbocycles. The van der Waals surface area contributed by atoms with Gasteiger partial charge in [-0.05, 0) is 62.6 Å². The van der Waals surface area contributed by atoms with Crippen LogP contribution >= 0.6 is 0 Å². The first-order valence-electron chi connectivity index (χ1n) is 21.0. The number of carbonyl (C=O) groups excluding carboxylic acids is 4. The summed E-state index contributed by atoms with van der Waals surface area (Å²) in [5.74, 6) is -0.905. The molecule has 0 unspecified atom stereocenters. The normalized spacial score (nSPS) is 24.9. The van der Waals surface area contributed by atoms with E-state index in [9.17, 15) is 28.0 Å². The van der Waals surface area contributed by atoms with Crippen LogP contribution in [0.5, 0.6) is 0 Å². The van der Waals surface area contributed by atoms with Crippen molar-refractivity contribution in [3.8, 4) is 0 Å². The Kier molecular flexibility index (Phi) is 10.4. The summed E-state index contributed by atoms with van der Waals surface area (Å²) in [4.78, 5) is 62.2. The number of piperidine rings is 1. The van der Waals surface area contributed by atoms with Gasteiger partial charge in [-0.1, -0.05) is 11.2 Å². The van der Waals surface area contributed by atoms with E-state index < -0.39 is 29.9 Å². The highest BCUT2D eigenvalue weighted by Gasteiger charge is 2.40. The van der Waals surface area contributed by atoms with Gasteiger partial charge in [-0.3, -0.25) is 34.1 Å². The van der Waals surface area contributed by atoms with Crippen molar-refractivity contribution < 1.29 is 37.2 Å². The maximum Gasteiger partial charge on any atom is 0.284 e. The van der Waals surface area contributed by atoms with Crippen molar-refractivity contribution in [3.05, 3.63) is 59.8 Å². The molecule has 1 aliphatic carbocycles. The number of imide groups is 1. The molecule has 5 aromatic rings. The number of piperazine rings is 1. The Hall–Kier alpha value is -5.86. The van der Waals surface area contributed by atoms with Gasteiger partial charge in [0.2, 0.25) is 17.7 Å². The van der Waals surface area contributed by atoms with Gasteiger partial charge < -0.3 is 29.7 Å². The number of para-hydroxylation sites is 1. The van der Waals surface area contributed by atoms with E-state index in [0.29, 0.717) is 46.9 Å². The van der Waals surface area contributed by atoms with Gasteiger partial charge in [-0.2, -0.15) is 10.2 Å². The largest absolute Gasteiger partial charge is 0.374 e. The highest BCUT2D eigenvalue weighted by Crippen LogP contribution is 2.37. The van der Waals surface area contributed by atoms with E-state index in [1.54, 1.807) is 29.1 Å². The molecule has 8 heterocycles. The summed E-state index contributed by atoms with van der Waals surface area (Å²) >= 11 is 0. The lowest BCUT2D eigenvalue weighted by atomic mass is 9.85. The fraction of sp³-hybridized carbons (Fsp3) is 0.512. The second-order valence-electron chi connectivity index (χ2n) is 16.8. The van der Waals surface area contributed by atoms with Crippen LogP contribution in [-0.4, -0.2) is 128 Å². The summed E-state index contributed by atoms with van der Waals surface area (Å²) in [5, 5.41) is 21.3. The number of halogens is 2. The van der Waals surface area contributed by atoms with Crippen molar-refractivity contribution >= 4 is 57.4 Å². The van der Waals surface area contributed by atoms with E-state index in [1.165, 1.54) is 16.9 Å². The SMILES string of the molecule is O=C1CC[C@@H](c2noc3c(NC(=O)CN4CCN(CC5CCC(n6cc(NC(=O)c7cnn8ccc(N9C[C@@H]%10C[C@H]9CO%10)nc78)c(C(F)F)n6)CC5)CC4)cccc23)C(=O)N1. The second-order valence-corrected chi connectivity index (χ2v) is 16.8. The number of carbonyl (C=O) groups is 4. The standard InChI is InChI=1S/C41H46F2N12O6/c42-38(43)36-31(46-41(59)29-17-44-54-11-10-32(47-39(29)54)53-19-26-16-25(53)22-60-26)20-55(49-36)24-6-4-23(5-7-24)18-51-12-14-52(15-13-51)21-34(57)45-30-3-1-2-27-35(50-61-37(27)30)28-8-9-33(56)48-40(28)58/h1-3,10-11,17,20,23-26,28,38H,4-9,12-16,18-19,21-22H2,(H,45,57)(H,46,59)(H,48,56,58)/t23?,24?,25-,26-,28-/m0/s1. The molecule has 4 amide bonds. The first-order valence-corrected chi connectivity index (χ1v) is 21.0. The molecule has 3 N–H and O–H groups in total. The van der Waals surface area contributed by atoms with Gasteiger partial charge in [-0.25, -0.2) is 18.3 Å². The van der Waals surface area contributed by atoms with Gasteiger partial charge in [0.05, 0.1) is 54.8 Å². The highest BCUT2D eigenvalue weighted by molar-refractivity contribution is 6.08. The van der Waals surface area contributed by atoms with Gasteiger partial charge in [0, 0.05) is 63.5 Å². The van der Waals surface area contributed by atoms with Crippen molar-refractivity contribution in [2.24, 2.45) is 5.92 Å². The van der Waals surface area contributed by atoms with E-state index in [0.717, 1.165) is 77.2 Å². The smallest absolute Gasteiger partial charge is 0.284 e. The van der Waals surface area contributed by atoms with Gasteiger partial charge >= 0.3 is 0 Å². The number of ether oxygens (including phenoxy) is 1. The van der Waals surface area contributed by atoms with E-state index in [4.69, 9.17) is 14.2 Å². The quantitative estimate of drug-likeness (QED) is 0.163. The van der Waals surface area contributed by atoms with Crippen LogP contribution in [0.3, 0.4) is 0 Å². The fourth-order valence-electron chi connectivity index (χ4n) is 9.66. The molecule has 20 heteroatoms. The number of alkyl halides is 2. The van der Waals surface area contributed by atoms with Crippen molar-refractivity contribution in [1.29, 1.82) is 0 Å². The molecular weight excluding hydrogens is 795 g/mol. The number of nitrogens with one attached hydrogen (secondary N) is 3. The number of hydrogen-bond donors (Lipinski definition) is 3. The van der Waals surface area contributed by atoms with Crippen LogP contribution in [0.1, 0.15) is 85.1 Å². The van der Waals surface area contributed by atoms with Crippen LogP contribution < -0.4 is 20.9 Å². The van der Waals surface area contributed by atoms with Gasteiger partial charge in [0.15, 0.2) is 16.9 Å². The average Bonchev–Trinajstić information content (AvgIpc) is 4.11. The Morgan fingerprint density at radius 3 is 2.54 bits per heavy atom. The number of amides is 4. The lowest BCUT2D eigenvalue weighted by molar-refractivity contribution is -0.134. The third-order valence-electron chi connectivity index (χ3n) is 12.9. The Balaban J connectivity index is 0.699. The molecule has 0 spiro atoms. The lowest BCUT2D eigenvalue weighted by Crippen LogP contribution is -2.49. The lowest BCUT2D eigenvalue weighted by Gasteiger charge is -2.38. The number of rotatable bonds is 11. The van der Waals surface area contributed by atoms with Crippen LogP contribution in [0.15, 0.2) is 47.4 Å². The van der Waals surface area contributed by atoms with Crippen molar-refractivity contribution in [1.82, 2.24) is 44.7 Å². The third-order valence-corrected chi connectivity index (χ3v) is 12.9. The minimum atomic E-state index is -2.87. The number of nitrogens with zero attached hydrogens (tertiary/aromatic N) is 9. The summed E-state index contributed by atoms with van der Waals surface area (Å²) in [7, 11) is 0. The number of aromatic nitrogens is 6. The monoisotopic (exact) mass is 840 g/mol. The molecule has 1 saturated carbocycles. The summed E-state index contributed by atoms with van der Waals surface area (Å²) in [6.45, 7) is 5.59. The molecule has 3 atom stereocenters. The van der Waals surface area contributed by atoms with Crippen molar-refractivity contribution in [2.45, 2.75) is 75.5 Å². The molecule has 0 radical (unpaired) electrons. The Morgan fingerprint density at radius 1 is 0.967 bits per heavy atom. The van der Waals surface area contributed by atoms with Crippen LogP contribution in [0.2, 0.25) is 0 Å². The molecule has 5 aliphatic rings. The second kappa shape index (κ2) is 16.2. The number of morpholine rings is 1. The minimum absolute atomic E-state index is 0.0212. The summed E-state index contributed by atoms with van der Waals surface area (Å²) in [6.07, 6.45) is 6.87. The summed E-state index contributed by atoms with van der Waals surface area (Å²) in [5.41, 5.74) is 1.35. The average molecular weight is 841 g/mol. The molecular formula is C41H46F2N12O6. The molecule has 4 saturated heterocycles. The maximum absolute atomic E-state index is 14.3. The summed E-state index contributed by atoms with van der Waals surface area (Å²) < 4.78 is 43.0. The zero-order valence-electron chi connectivity index (χ0n) is 33.3. The van der Waals surface area contributed by atoms with E-state index >= 15 is 0 Å². The van der Waals surface area contributed by atoms with Crippen LogP contribution in [-0.2, 0) is 19.1 Å². The fourth-order valence-corrected chi connectivity index (χ4v) is 9.66. The third kappa shape index (κ3) is 7.83. The number of anilines is 3. The van der Waals surface area contributed by atoms with Gasteiger partial charge in [-0.15, -0.1) is 0 Å². The molecule has 10 rings (SSSR count). The van der Waals surface area contributed by atoms with Crippen molar-refractivity contribution in [3.63, 3.8) is 0 Å². The molecule has 5 fully saturated rings. The first kappa shape index (κ1) is 39.3. The highest BCUT2D eigenvalue weighted by atomic mass is 19.3. The molecule has 4 aliphatic heterocycles. The van der Waals surface area contributed by atoms with E-state index in [1.807, 2.05) is 6.07 Å². The Bertz CT molecular complexity index is 2490. The number of benzene rings is 1. The molecule has 61 heavy (non-hydrogen) atoms. The Morgan fingerprint density at radius 2 is 1.79 bits per heavy atom. The first-order chi connectivity index (χ1) is 29.6. The topological polar surface area (TPSA) is 197 Å². The predicted octanol–water partition coefficient (Wildman–Crippen LogP) is 3.74. The number of hydrogen-bond acceptors (Lipinski definition) is 13. The minimum Gasteiger partial charge on any atom is -0.374 e. The molecule has 18 nitrogen and oxygen atoms in total. The molecule has 4 aromatic heterocycles.